The van der Waals surface area contributed by atoms with Crippen LogP contribution < -0.4 is 10.2 Å². The molecule has 2 aromatic carbocycles. The Balaban J connectivity index is 1.49. The molecule has 160 valence electrons. The number of hydrogen-bond donors (Lipinski definition) is 1. The van der Waals surface area contributed by atoms with Gasteiger partial charge in [-0.3, -0.25) is 14.5 Å². The second kappa shape index (κ2) is 10.5. The topological polar surface area (TPSA) is 55.9 Å². The fraction of sp³-hybridized carbons (Fsp3) is 0.391. The normalized spacial score (nSPS) is 14.4. The summed E-state index contributed by atoms with van der Waals surface area (Å²) >= 11 is 6.09. The van der Waals surface area contributed by atoms with E-state index in [4.69, 9.17) is 11.6 Å². The van der Waals surface area contributed by atoms with Crippen LogP contribution >= 0.6 is 11.6 Å². The maximum absolute atomic E-state index is 12.8. The minimum atomic E-state index is -0.102. The number of rotatable bonds is 7. The number of benzene rings is 2. The Morgan fingerprint density at radius 3 is 2.20 bits per heavy atom. The SMILES string of the molecule is CCN(CC)c1ccc(C(=O)N2CCN(CC(=O)Nc3ccccc3Cl)CC2)cc1. The molecule has 0 aromatic heterocycles. The lowest BCUT2D eigenvalue weighted by atomic mass is 10.1. The lowest BCUT2D eigenvalue weighted by Crippen LogP contribution is -2.50. The third kappa shape index (κ3) is 5.52. The standard InChI is InChI=1S/C23H29ClN4O2/c1-3-27(4-2)19-11-9-18(10-12-19)23(30)28-15-13-26(14-16-28)17-22(29)25-21-8-6-5-7-20(21)24/h5-12H,3-4,13-17H2,1-2H3,(H,25,29). The van der Waals surface area contributed by atoms with E-state index < -0.39 is 0 Å². The first-order chi connectivity index (χ1) is 14.5. The summed E-state index contributed by atoms with van der Waals surface area (Å²) in [5.41, 5.74) is 2.45. The molecule has 1 aliphatic heterocycles. The second-order valence-electron chi connectivity index (χ2n) is 7.32. The van der Waals surface area contributed by atoms with Gasteiger partial charge in [0.1, 0.15) is 0 Å². The van der Waals surface area contributed by atoms with Crippen LogP contribution in [0.15, 0.2) is 48.5 Å². The Morgan fingerprint density at radius 2 is 1.60 bits per heavy atom. The van der Waals surface area contributed by atoms with E-state index in [0.717, 1.165) is 18.8 Å². The van der Waals surface area contributed by atoms with Gasteiger partial charge in [-0.15, -0.1) is 0 Å². The molecular formula is C23H29ClN4O2. The van der Waals surface area contributed by atoms with Crippen LogP contribution in [0.5, 0.6) is 0 Å². The van der Waals surface area contributed by atoms with E-state index in [2.05, 4.69) is 29.0 Å². The van der Waals surface area contributed by atoms with Gasteiger partial charge in [0.25, 0.3) is 5.91 Å². The van der Waals surface area contributed by atoms with E-state index >= 15 is 0 Å². The summed E-state index contributed by atoms with van der Waals surface area (Å²) in [5.74, 6) is -0.0591. The van der Waals surface area contributed by atoms with Crippen LogP contribution in [0, 0.1) is 0 Å². The maximum atomic E-state index is 12.8. The van der Waals surface area contributed by atoms with Crippen molar-refractivity contribution in [3.05, 3.63) is 59.1 Å². The van der Waals surface area contributed by atoms with Crippen LogP contribution in [0.3, 0.4) is 0 Å². The van der Waals surface area contributed by atoms with Crippen molar-refractivity contribution in [2.75, 3.05) is 56.0 Å². The Kier molecular flexibility index (Phi) is 7.71. The number of nitrogens with zero attached hydrogens (tertiary/aromatic N) is 3. The summed E-state index contributed by atoms with van der Waals surface area (Å²) in [6, 6.07) is 15.0. The molecule has 1 fully saturated rings. The van der Waals surface area contributed by atoms with E-state index in [1.165, 1.54) is 0 Å². The first kappa shape index (κ1) is 22.1. The first-order valence-electron chi connectivity index (χ1n) is 10.4. The van der Waals surface area contributed by atoms with E-state index in [1.807, 2.05) is 41.3 Å². The summed E-state index contributed by atoms with van der Waals surface area (Å²) in [5, 5.41) is 3.37. The number of piperazine rings is 1. The fourth-order valence-electron chi connectivity index (χ4n) is 3.65. The minimum absolute atomic E-state index is 0.0428. The Hall–Kier alpha value is -2.57. The number of anilines is 2. The average molecular weight is 429 g/mol. The zero-order chi connectivity index (χ0) is 21.5. The van der Waals surface area contributed by atoms with Gasteiger partial charge in [-0.2, -0.15) is 0 Å². The summed E-state index contributed by atoms with van der Waals surface area (Å²) < 4.78 is 0. The Morgan fingerprint density at radius 1 is 0.967 bits per heavy atom. The van der Waals surface area contributed by atoms with Crippen LogP contribution in [0.1, 0.15) is 24.2 Å². The van der Waals surface area contributed by atoms with Gasteiger partial charge in [0.05, 0.1) is 17.3 Å². The molecule has 1 N–H and O–H groups in total. The lowest BCUT2D eigenvalue weighted by molar-refractivity contribution is -0.117. The average Bonchev–Trinajstić information content (AvgIpc) is 2.77. The molecule has 2 aromatic rings. The van der Waals surface area contributed by atoms with Crippen molar-refractivity contribution < 1.29 is 9.59 Å². The van der Waals surface area contributed by atoms with Crippen LogP contribution in [0.25, 0.3) is 0 Å². The Labute approximate surface area is 183 Å². The van der Waals surface area contributed by atoms with Gasteiger partial charge >= 0.3 is 0 Å². The van der Waals surface area contributed by atoms with Crippen molar-refractivity contribution in [1.29, 1.82) is 0 Å². The highest BCUT2D eigenvalue weighted by Crippen LogP contribution is 2.20. The van der Waals surface area contributed by atoms with Crippen LogP contribution in [0.4, 0.5) is 11.4 Å². The van der Waals surface area contributed by atoms with Gasteiger partial charge in [0.15, 0.2) is 0 Å². The first-order valence-corrected chi connectivity index (χ1v) is 10.8. The second-order valence-corrected chi connectivity index (χ2v) is 7.72. The van der Waals surface area contributed by atoms with Gasteiger partial charge < -0.3 is 15.1 Å². The van der Waals surface area contributed by atoms with Crippen molar-refractivity contribution >= 4 is 34.8 Å². The number of para-hydroxylation sites is 1. The highest BCUT2D eigenvalue weighted by atomic mass is 35.5. The van der Waals surface area contributed by atoms with E-state index in [0.29, 0.717) is 42.5 Å². The summed E-state index contributed by atoms with van der Waals surface area (Å²) in [4.78, 5) is 31.3. The van der Waals surface area contributed by atoms with E-state index in [-0.39, 0.29) is 18.4 Å². The Bertz CT molecular complexity index is 860. The molecule has 7 heteroatoms. The molecular weight excluding hydrogens is 400 g/mol. The molecule has 0 saturated carbocycles. The highest BCUT2D eigenvalue weighted by molar-refractivity contribution is 6.33. The predicted octanol–water partition coefficient (Wildman–Crippen LogP) is 3.58. The summed E-state index contributed by atoms with van der Waals surface area (Å²) in [6.07, 6.45) is 0. The number of carbonyl (C=O) groups is 2. The number of hydrogen-bond acceptors (Lipinski definition) is 4. The number of carbonyl (C=O) groups excluding carboxylic acids is 2. The molecule has 0 unspecified atom stereocenters. The molecule has 0 radical (unpaired) electrons. The highest BCUT2D eigenvalue weighted by Gasteiger charge is 2.23. The molecule has 1 heterocycles. The predicted molar refractivity (Wildman–Crippen MR) is 122 cm³/mol. The van der Waals surface area contributed by atoms with Gasteiger partial charge in [-0.1, -0.05) is 23.7 Å². The minimum Gasteiger partial charge on any atom is -0.372 e. The monoisotopic (exact) mass is 428 g/mol. The third-order valence-corrected chi connectivity index (χ3v) is 5.75. The molecule has 2 amide bonds. The van der Waals surface area contributed by atoms with E-state index in [9.17, 15) is 9.59 Å². The van der Waals surface area contributed by atoms with Crippen molar-refractivity contribution in [1.82, 2.24) is 9.80 Å². The zero-order valence-electron chi connectivity index (χ0n) is 17.6. The van der Waals surface area contributed by atoms with Crippen molar-refractivity contribution in [2.45, 2.75) is 13.8 Å². The van der Waals surface area contributed by atoms with Gasteiger partial charge in [-0.25, -0.2) is 0 Å². The smallest absolute Gasteiger partial charge is 0.253 e. The molecule has 0 spiro atoms. The largest absolute Gasteiger partial charge is 0.372 e. The van der Waals surface area contributed by atoms with Gasteiger partial charge in [-0.05, 0) is 50.2 Å². The molecule has 0 atom stereocenters. The molecule has 30 heavy (non-hydrogen) atoms. The van der Waals surface area contributed by atoms with Crippen LogP contribution in [-0.2, 0) is 4.79 Å². The van der Waals surface area contributed by atoms with Crippen molar-refractivity contribution in [2.24, 2.45) is 0 Å². The summed E-state index contributed by atoms with van der Waals surface area (Å²) in [7, 11) is 0. The van der Waals surface area contributed by atoms with Crippen molar-refractivity contribution in [3.63, 3.8) is 0 Å². The zero-order valence-corrected chi connectivity index (χ0v) is 18.4. The van der Waals surface area contributed by atoms with E-state index in [1.54, 1.807) is 12.1 Å². The number of amides is 2. The quantitative estimate of drug-likeness (QED) is 0.732. The number of halogens is 1. The number of nitrogens with one attached hydrogen (secondary N) is 1. The van der Waals surface area contributed by atoms with Crippen molar-refractivity contribution in [3.8, 4) is 0 Å². The molecule has 0 bridgehead atoms. The lowest BCUT2D eigenvalue weighted by Gasteiger charge is -2.34. The molecule has 3 rings (SSSR count). The molecule has 6 nitrogen and oxygen atoms in total. The fourth-order valence-corrected chi connectivity index (χ4v) is 3.83. The van der Waals surface area contributed by atoms with Crippen LogP contribution in [-0.4, -0.2) is 67.4 Å². The molecule has 0 aliphatic carbocycles. The molecule has 1 saturated heterocycles. The maximum Gasteiger partial charge on any atom is 0.253 e. The van der Waals surface area contributed by atoms with Gasteiger partial charge in [0, 0.05) is 50.5 Å². The third-order valence-electron chi connectivity index (χ3n) is 5.42. The molecule has 1 aliphatic rings. The summed E-state index contributed by atoms with van der Waals surface area (Å²) in [6.45, 7) is 8.95. The van der Waals surface area contributed by atoms with Gasteiger partial charge in [0.2, 0.25) is 5.91 Å². The van der Waals surface area contributed by atoms with Crippen LogP contribution in [0.2, 0.25) is 5.02 Å².